The first-order valence-corrected chi connectivity index (χ1v) is 3.48. The van der Waals surface area contributed by atoms with Crippen molar-refractivity contribution in [1.82, 2.24) is 0 Å². The van der Waals surface area contributed by atoms with Gasteiger partial charge in [-0.15, -0.1) is 10.1 Å². The molecule has 0 aromatic carbocycles. The predicted octanol–water partition coefficient (Wildman–Crippen LogP) is 1.77. The van der Waals surface area contributed by atoms with Crippen molar-refractivity contribution in [2.75, 3.05) is 0 Å². The molecule has 4 heteroatoms. The van der Waals surface area contributed by atoms with E-state index in [1.165, 1.54) is 0 Å². The van der Waals surface area contributed by atoms with E-state index in [4.69, 9.17) is 0 Å². The molecule has 0 saturated carbocycles. The van der Waals surface area contributed by atoms with Gasteiger partial charge in [-0.3, -0.25) is 0 Å². The molecule has 10 heavy (non-hydrogen) atoms. The molecule has 0 aromatic rings. The van der Waals surface area contributed by atoms with E-state index in [0.717, 1.165) is 19.3 Å². The molecule has 0 aliphatic rings. The molecule has 0 radical (unpaired) electrons. The molecule has 1 atom stereocenters. The molecule has 0 bridgehead atoms. The van der Waals surface area contributed by atoms with Gasteiger partial charge in [0, 0.05) is 0 Å². The Balaban J connectivity index is 3.25. The molecule has 60 valence electrons. The van der Waals surface area contributed by atoms with E-state index in [9.17, 15) is 10.1 Å². The summed E-state index contributed by atoms with van der Waals surface area (Å²) in [5.41, 5.74) is 0. The standard InChI is InChI=1S/C6H13NO3/c1-3-4-5-6(2)10-7(8)9/h6H,3-5H2,1-2H3. The summed E-state index contributed by atoms with van der Waals surface area (Å²) in [6.07, 6.45) is 2.53. The van der Waals surface area contributed by atoms with Crippen LogP contribution in [0, 0.1) is 10.1 Å². The van der Waals surface area contributed by atoms with E-state index in [1.807, 2.05) is 6.92 Å². The maximum Gasteiger partial charge on any atom is 0.294 e. The lowest BCUT2D eigenvalue weighted by atomic mass is 10.2. The lowest BCUT2D eigenvalue weighted by Gasteiger charge is -2.06. The van der Waals surface area contributed by atoms with Gasteiger partial charge < -0.3 is 4.84 Å². The van der Waals surface area contributed by atoms with Crippen molar-refractivity contribution in [3.63, 3.8) is 0 Å². The average Bonchev–Trinajstić information content (AvgIpc) is 1.82. The molecule has 0 saturated heterocycles. The van der Waals surface area contributed by atoms with Crippen LogP contribution in [0.4, 0.5) is 0 Å². The third-order valence-electron chi connectivity index (χ3n) is 1.23. The van der Waals surface area contributed by atoms with Crippen LogP contribution in [0.15, 0.2) is 0 Å². The second kappa shape index (κ2) is 5.02. The lowest BCUT2D eigenvalue weighted by Crippen LogP contribution is -2.12. The molecule has 0 amide bonds. The Morgan fingerprint density at radius 3 is 2.70 bits per heavy atom. The molecule has 0 N–H and O–H groups in total. The SMILES string of the molecule is CCCCC(C)O[N+](=O)[O-]. The van der Waals surface area contributed by atoms with Crippen molar-refractivity contribution in [2.24, 2.45) is 0 Å². The molecular weight excluding hydrogens is 134 g/mol. The van der Waals surface area contributed by atoms with Gasteiger partial charge >= 0.3 is 0 Å². The first-order chi connectivity index (χ1) is 4.66. The van der Waals surface area contributed by atoms with Gasteiger partial charge in [0.25, 0.3) is 5.09 Å². The van der Waals surface area contributed by atoms with Crippen LogP contribution in [0.25, 0.3) is 0 Å². The normalized spacial score (nSPS) is 12.6. The molecule has 0 fully saturated rings. The molecule has 0 aliphatic carbocycles. The smallest absolute Gasteiger partial charge is 0.294 e. The van der Waals surface area contributed by atoms with Crippen LogP contribution in [0.3, 0.4) is 0 Å². The van der Waals surface area contributed by atoms with Crippen molar-refractivity contribution < 1.29 is 9.92 Å². The second-order valence-corrected chi connectivity index (χ2v) is 2.28. The van der Waals surface area contributed by atoms with Crippen LogP contribution < -0.4 is 0 Å². The molecule has 1 unspecified atom stereocenters. The largest absolute Gasteiger partial charge is 0.311 e. The molecule has 0 aliphatic heterocycles. The fraction of sp³-hybridized carbons (Fsp3) is 1.00. The minimum absolute atomic E-state index is 0.255. The monoisotopic (exact) mass is 147 g/mol. The zero-order valence-electron chi connectivity index (χ0n) is 6.37. The predicted molar refractivity (Wildman–Crippen MR) is 37.1 cm³/mol. The van der Waals surface area contributed by atoms with Crippen LogP contribution in [0.2, 0.25) is 0 Å². The Morgan fingerprint density at radius 2 is 2.30 bits per heavy atom. The molecule has 0 heterocycles. The van der Waals surface area contributed by atoms with E-state index < -0.39 is 5.09 Å². The van der Waals surface area contributed by atoms with Gasteiger partial charge in [0.05, 0.1) is 0 Å². The van der Waals surface area contributed by atoms with Gasteiger partial charge in [-0.05, 0) is 13.3 Å². The van der Waals surface area contributed by atoms with Crippen LogP contribution in [0.1, 0.15) is 33.1 Å². The first kappa shape index (κ1) is 9.20. The van der Waals surface area contributed by atoms with Crippen LogP contribution in [-0.4, -0.2) is 11.2 Å². The summed E-state index contributed by atoms with van der Waals surface area (Å²) < 4.78 is 0. The zero-order chi connectivity index (χ0) is 7.98. The summed E-state index contributed by atoms with van der Waals surface area (Å²) in [7, 11) is 0. The minimum atomic E-state index is -0.736. The van der Waals surface area contributed by atoms with Gasteiger partial charge in [0.1, 0.15) is 6.10 Å². The van der Waals surface area contributed by atoms with Crippen LogP contribution in [-0.2, 0) is 4.84 Å². The fourth-order valence-corrected chi connectivity index (χ4v) is 0.691. The zero-order valence-corrected chi connectivity index (χ0v) is 6.37. The van der Waals surface area contributed by atoms with E-state index in [2.05, 4.69) is 4.84 Å². The van der Waals surface area contributed by atoms with Crippen molar-refractivity contribution >= 4 is 0 Å². The third kappa shape index (κ3) is 5.34. The number of hydrogen-bond donors (Lipinski definition) is 0. The van der Waals surface area contributed by atoms with E-state index >= 15 is 0 Å². The average molecular weight is 147 g/mol. The van der Waals surface area contributed by atoms with Gasteiger partial charge in [-0.2, -0.15) is 0 Å². The summed E-state index contributed by atoms with van der Waals surface area (Å²) >= 11 is 0. The highest BCUT2D eigenvalue weighted by molar-refractivity contribution is 4.45. The summed E-state index contributed by atoms with van der Waals surface area (Å²) in [6.45, 7) is 3.75. The Hall–Kier alpha value is -0.800. The maximum absolute atomic E-state index is 9.76. The number of hydrogen-bond acceptors (Lipinski definition) is 3. The van der Waals surface area contributed by atoms with E-state index in [-0.39, 0.29) is 6.10 Å². The molecule has 0 rings (SSSR count). The van der Waals surface area contributed by atoms with Gasteiger partial charge in [-0.1, -0.05) is 19.8 Å². The summed E-state index contributed by atoms with van der Waals surface area (Å²) in [5, 5.41) is 9.02. The topological polar surface area (TPSA) is 52.4 Å². The second-order valence-electron chi connectivity index (χ2n) is 2.28. The van der Waals surface area contributed by atoms with E-state index in [0.29, 0.717) is 0 Å². The Kier molecular flexibility index (Phi) is 4.62. The molecule has 4 nitrogen and oxygen atoms in total. The molecule has 0 spiro atoms. The first-order valence-electron chi connectivity index (χ1n) is 3.48. The highest BCUT2D eigenvalue weighted by atomic mass is 17.0. The van der Waals surface area contributed by atoms with Crippen LogP contribution in [0.5, 0.6) is 0 Å². The summed E-state index contributed by atoms with van der Waals surface area (Å²) in [6, 6.07) is 0. The molecule has 0 aromatic heterocycles. The number of rotatable bonds is 5. The Morgan fingerprint density at radius 1 is 1.70 bits per heavy atom. The summed E-state index contributed by atoms with van der Waals surface area (Å²) in [4.78, 5) is 14.0. The third-order valence-corrected chi connectivity index (χ3v) is 1.23. The van der Waals surface area contributed by atoms with Gasteiger partial charge in [0.2, 0.25) is 0 Å². The van der Waals surface area contributed by atoms with Crippen molar-refractivity contribution in [3.05, 3.63) is 10.1 Å². The quantitative estimate of drug-likeness (QED) is 0.440. The lowest BCUT2D eigenvalue weighted by molar-refractivity contribution is -0.767. The highest BCUT2D eigenvalue weighted by Gasteiger charge is 2.04. The Labute approximate surface area is 60.3 Å². The van der Waals surface area contributed by atoms with Crippen molar-refractivity contribution in [1.29, 1.82) is 0 Å². The van der Waals surface area contributed by atoms with Gasteiger partial charge in [-0.25, -0.2) is 0 Å². The minimum Gasteiger partial charge on any atom is -0.311 e. The highest BCUT2D eigenvalue weighted by Crippen LogP contribution is 2.02. The fourth-order valence-electron chi connectivity index (χ4n) is 0.691. The Bertz CT molecular complexity index is 105. The van der Waals surface area contributed by atoms with E-state index in [1.54, 1.807) is 6.92 Å². The summed E-state index contributed by atoms with van der Waals surface area (Å²) in [5.74, 6) is 0. The number of nitrogens with zero attached hydrogens (tertiary/aromatic N) is 1. The van der Waals surface area contributed by atoms with Gasteiger partial charge in [0.15, 0.2) is 0 Å². The molecular formula is C6H13NO3. The van der Waals surface area contributed by atoms with Crippen molar-refractivity contribution in [2.45, 2.75) is 39.2 Å². The maximum atomic E-state index is 9.76. The number of unbranched alkanes of at least 4 members (excludes halogenated alkanes) is 1. The van der Waals surface area contributed by atoms with Crippen LogP contribution >= 0.6 is 0 Å². The van der Waals surface area contributed by atoms with Crippen molar-refractivity contribution in [3.8, 4) is 0 Å².